The highest BCUT2D eigenvalue weighted by atomic mass is 16.5. The predicted molar refractivity (Wildman–Crippen MR) is 140 cm³/mol. The van der Waals surface area contributed by atoms with E-state index in [1.165, 1.54) is 24.1 Å². The summed E-state index contributed by atoms with van der Waals surface area (Å²) in [7, 11) is 3.87. The van der Waals surface area contributed by atoms with Gasteiger partial charge in [0, 0.05) is 49.9 Å². The number of carbonyl (C=O) groups excluding carboxylic acids is 1. The molecule has 1 aliphatic rings. The molecule has 1 aromatic heterocycles. The van der Waals surface area contributed by atoms with Gasteiger partial charge in [0.15, 0.2) is 0 Å². The molecular weight excluding hydrogens is 440 g/mol. The summed E-state index contributed by atoms with van der Waals surface area (Å²) in [4.78, 5) is 17.6. The van der Waals surface area contributed by atoms with Crippen LogP contribution in [0.5, 0.6) is 5.75 Å². The van der Waals surface area contributed by atoms with Gasteiger partial charge in [0.1, 0.15) is 12.4 Å². The van der Waals surface area contributed by atoms with E-state index in [2.05, 4.69) is 34.0 Å². The molecule has 0 spiro atoms. The topological polar surface area (TPSA) is 70.7 Å². The predicted octanol–water partition coefficient (Wildman–Crippen LogP) is 5.00. The first-order chi connectivity index (χ1) is 17.1. The van der Waals surface area contributed by atoms with Gasteiger partial charge in [0.2, 0.25) is 5.91 Å². The zero-order valence-corrected chi connectivity index (χ0v) is 21.9. The third-order valence-corrected chi connectivity index (χ3v) is 7.03. The van der Waals surface area contributed by atoms with Gasteiger partial charge in [0.25, 0.3) is 0 Å². The second-order valence-electron chi connectivity index (χ2n) is 9.75. The Morgan fingerprint density at radius 3 is 2.57 bits per heavy atom. The van der Waals surface area contributed by atoms with Gasteiger partial charge in [-0.2, -0.15) is 5.10 Å². The molecule has 35 heavy (non-hydrogen) atoms. The van der Waals surface area contributed by atoms with Crippen LogP contribution in [0.3, 0.4) is 0 Å². The third-order valence-electron chi connectivity index (χ3n) is 7.03. The minimum absolute atomic E-state index is 0.210. The number of unbranched alkanes of at least 4 members (excludes halogenated alkanes) is 1. The molecule has 0 saturated heterocycles. The van der Waals surface area contributed by atoms with Crippen LogP contribution in [0.2, 0.25) is 0 Å². The molecule has 1 fully saturated rings. The maximum absolute atomic E-state index is 13.1. The van der Waals surface area contributed by atoms with Crippen molar-refractivity contribution in [3.63, 3.8) is 0 Å². The fraction of sp³-hybridized carbons (Fsp3) is 0.643. The number of aromatic nitrogens is 2. The Morgan fingerprint density at radius 1 is 1.09 bits per heavy atom. The van der Waals surface area contributed by atoms with Crippen LogP contribution >= 0.6 is 0 Å². The van der Waals surface area contributed by atoms with Crippen LogP contribution in [0, 0.1) is 0 Å². The van der Waals surface area contributed by atoms with Gasteiger partial charge in [-0.25, -0.2) is 0 Å². The number of hydrogen-bond donors (Lipinski definition) is 1. The molecule has 1 saturated carbocycles. The standard InChI is InChI=1S/C28H44N4O3/c1-4-5-17-31(2)22-24-21-29-30-28(24)23-13-15-25(16-14-23)32(27(33)12-9-19-34-3)18-20-35-26-10-7-6-8-11-26/h6-8,10-11,21,23,25H,4-5,9,12-20,22H2,1-3H3,(H,29,30). The van der Waals surface area contributed by atoms with E-state index in [1.54, 1.807) is 7.11 Å². The molecular formula is C28H44N4O3. The maximum Gasteiger partial charge on any atom is 0.223 e. The lowest BCUT2D eigenvalue weighted by Crippen LogP contribution is -2.44. The summed E-state index contributed by atoms with van der Waals surface area (Å²) in [5, 5.41) is 7.68. The molecule has 1 amide bonds. The van der Waals surface area contributed by atoms with Crippen molar-refractivity contribution in [1.29, 1.82) is 0 Å². The SMILES string of the molecule is CCCCN(C)Cc1cn[nH]c1C1CCC(N(CCOc2ccccc2)C(=O)CCCOC)CC1. The van der Waals surface area contributed by atoms with E-state index < -0.39 is 0 Å². The average molecular weight is 485 g/mol. The maximum atomic E-state index is 13.1. The number of para-hydroxylation sites is 1. The summed E-state index contributed by atoms with van der Waals surface area (Å²) in [6, 6.07) is 10.1. The van der Waals surface area contributed by atoms with Crippen molar-refractivity contribution in [2.75, 3.05) is 40.5 Å². The molecule has 0 radical (unpaired) electrons. The fourth-order valence-electron chi connectivity index (χ4n) is 5.08. The Bertz CT molecular complexity index is 849. The fourth-order valence-corrected chi connectivity index (χ4v) is 5.08. The van der Waals surface area contributed by atoms with E-state index in [0.29, 0.717) is 32.1 Å². The van der Waals surface area contributed by atoms with Crippen molar-refractivity contribution in [1.82, 2.24) is 20.0 Å². The molecule has 0 atom stereocenters. The number of ether oxygens (including phenoxy) is 2. The van der Waals surface area contributed by atoms with Crippen molar-refractivity contribution >= 4 is 5.91 Å². The minimum atomic E-state index is 0.210. The number of H-pyrrole nitrogens is 1. The third kappa shape index (κ3) is 8.65. The second kappa shape index (κ2) is 14.9. The average Bonchev–Trinajstić information content (AvgIpc) is 3.34. The van der Waals surface area contributed by atoms with Gasteiger partial charge in [-0.3, -0.25) is 9.89 Å². The minimum Gasteiger partial charge on any atom is -0.492 e. The van der Waals surface area contributed by atoms with Crippen molar-refractivity contribution in [3.05, 3.63) is 47.8 Å². The van der Waals surface area contributed by atoms with E-state index >= 15 is 0 Å². The van der Waals surface area contributed by atoms with Crippen LogP contribution in [-0.2, 0) is 16.1 Å². The van der Waals surface area contributed by atoms with E-state index in [1.807, 2.05) is 36.5 Å². The van der Waals surface area contributed by atoms with Gasteiger partial charge < -0.3 is 19.3 Å². The molecule has 0 bridgehead atoms. The van der Waals surface area contributed by atoms with E-state index in [0.717, 1.165) is 50.9 Å². The first kappa shape index (κ1) is 27.2. The summed E-state index contributed by atoms with van der Waals surface area (Å²) in [6.07, 6.45) is 9.86. The molecule has 1 heterocycles. The number of rotatable bonds is 15. The quantitative estimate of drug-likeness (QED) is 0.360. The van der Waals surface area contributed by atoms with E-state index in [4.69, 9.17) is 9.47 Å². The largest absolute Gasteiger partial charge is 0.492 e. The summed E-state index contributed by atoms with van der Waals surface area (Å²) in [5.41, 5.74) is 2.60. The Balaban J connectivity index is 1.56. The Kier molecular flexibility index (Phi) is 11.6. The van der Waals surface area contributed by atoms with Gasteiger partial charge in [-0.15, -0.1) is 0 Å². The van der Waals surface area contributed by atoms with Crippen molar-refractivity contribution in [3.8, 4) is 5.75 Å². The first-order valence-corrected chi connectivity index (χ1v) is 13.3. The molecule has 0 aliphatic heterocycles. The highest BCUT2D eigenvalue weighted by Gasteiger charge is 2.30. The van der Waals surface area contributed by atoms with Crippen LogP contribution in [-0.4, -0.2) is 72.4 Å². The van der Waals surface area contributed by atoms with Gasteiger partial charge in [-0.1, -0.05) is 31.5 Å². The lowest BCUT2D eigenvalue weighted by Gasteiger charge is -2.37. The van der Waals surface area contributed by atoms with Crippen LogP contribution in [0.1, 0.15) is 75.5 Å². The number of amides is 1. The first-order valence-electron chi connectivity index (χ1n) is 13.3. The van der Waals surface area contributed by atoms with Crippen molar-refractivity contribution < 1.29 is 14.3 Å². The lowest BCUT2D eigenvalue weighted by molar-refractivity contribution is -0.135. The van der Waals surface area contributed by atoms with Crippen LogP contribution in [0.4, 0.5) is 0 Å². The normalized spacial score (nSPS) is 18.1. The number of nitrogens with zero attached hydrogens (tertiary/aromatic N) is 3. The molecule has 3 rings (SSSR count). The molecule has 1 aliphatic carbocycles. The monoisotopic (exact) mass is 484 g/mol. The van der Waals surface area contributed by atoms with Crippen LogP contribution in [0.15, 0.2) is 36.5 Å². The molecule has 2 aromatic rings. The smallest absolute Gasteiger partial charge is 0.223 e. The molecule has 1 N–H and O–H groups in total. The summed E-state index contributed by atoms with van der Waals surface area (Å²) in [6.45, 7) is 6.02. The number of aromatic amines is 1. The van der Waals surface area contributed by atoms with Gasteiger partial charge in [0.05, 0.1) is 12.7 Å². The van der Waals surface area contributed by atoms with Gasteiger partial charge in [-0.05, 0) is 64.3 Å². The summed E-state index contributed by atoms with van der Waals surface area (Å²) in [5.74, 6) is 1.54. The number of carbonyl (C=O) groups is 1. The molecule has 7 nitrogen and oxygen atoms in total. The van der Waals surface area contributed by atoms with Crippen molar-refractivity contribution in [2.45, 2.75) is 76.8 Å². The number of nitrogens with one attached hydrogen (secondary N) is 1. The van der Waals surface area contributed by atoms with Crippen molar-refractivity contribution in [2.24, 2.45) is 0 Å². The Morgan fingerprint density at radius 2 is 1.86 bits per heavy atom. The highest BCUT2D eigenvalue weighted by molar-refractivity contribution is 5.76. The van der Waals surface area contributed by atoms with E-state index in [-0.39, 0.29) is 11.9 Å². The zero-order chi connectivity index (χ0) is 24.9. The highest BCUT2D eigenvalue weighted by Crippen LogP contribution is 2.36. The molecule has 1 aromatic carbocycles. The van der Waals surface area contributed by atoms with Gasteiger partial charge >= 0.3 is 0 Å². The number of hydrogen-bond acceptors (Lipinski definition) is 5. The number of methoxy groups -OCH3 is 1. The summed E-state index contributed by atoms with van der Waals surface area (Å²) < 4.78 is 11.1. The lowest BCUT2D eigenvalue weighted by atomic mass is 9.82. The van der Waals surface area contributed by atoms with Crippen LogP contribution in [0.25, 0.3) is 0 Å². The Hall–Kier alpha value is -2.38. The summed E-state index contributed by atoms with van der Waals surface area (Å²) >= 11 is 0. The van der Waals surface area contributed by atoms with Crippen LogP contribution < -0.4 is 4.74 Å². The molecule has 0 unspecified atom stereocenters. The second-order valence-corrected chi connectivity index (χ2v) is 9.75. The number of benzene rings is 1. The van der Waals surface area contributed by atoms with E-state index in [9.17, 15) is 4.79 Å². The Labute approximate surface area is 211 Å². The zero-order valence-electron chi connectivity index (χ0n) is 21.9. The molecule has 7 heteroatoms. The molecule has 194 valence electrons.